The third-order valence-electron chi connectivity index (χ3n) is 3.24. The van der Waals surface area contributed by atoms with E-state index in [0.717, 1.165) is 44.0 Å². The second kappa shape index (κ2) is 10.4. The molecule has 1 aromatic rings. The van der Waals surface area contributed by atoms with E-state index >= 15 is 0 Å². The lowest BCUT2D eigenvalue weighted by molar-refractivity contribution is 0.143. The van der Waals surface area contributed by atoms with E-state index in [4.69, 9.17) is 14.2 Å². The Kier molecular flexibility index (Phi) is 8.82. The van der Waals surface area contributed by atoms with Crippen LogP contribution in [0.4, 0.5) is 0 Å². The van der Waals surface area contributed by atoms with E-state index in [-0.39, 0.29) is 0 Å². The van der Waals surface area contributed by atoms with E-state index in [1.165, 1.54) is 0 Å². The van der Waals surface area contributed by atoms with Crippen molar-refractivity contribution in [2.24, 2.45) is 0 Å². The van der Waals surface area contributed by atoms with Gasteiger partial charge in [-0.05, 0) is 51.1 Å². The van der Waals surface area contributed by atoms with Crippen LogP contribution < -0.4 is 14.8 Å². The highest BCUT2D eigenvalue weighted by Crippen LogP contribution is 2.30. The minimum Gasteiger partial charge on any atom is -0.497 e. The second-order valence-electron chi connectivity index (χ2n) is 4.71. The monoisotopic (exact) mass is 297 g/mol. The van der Waals surface area contributed by atoms with Crippen LogP contribution in [0.1, 0.15) is 31.4 Å². The first-order chi connectivity index (χ1) is 10.2. The van der Waals surface area contributed by atoms with Gasteiger partial charge in [0.2, 0.25) is 0 Å². The Bertz CT molecular complexity index is 398. The van der Waals surface area contributed by atoms with Gasteiger partial charge in [0.1, 0.15) is 11.5 Å². The number of hydrogen-bond acceptors (Lipinski definition) is 5. The van der Waals surface area contributed by atoms with Crippen LogP contribution in [0.15, 0.2) is 18.2 Å². The van der Waals surface area contributed by atoms with Gasteiger partial charge in [0.15, 0.2) is 0 Å². The molecule has 0 heterocycles. The molecular weight excluding hydrogens is 270 g/mol. The molecule has 120 valence electrons. The molecule has 0 amide bonds. The van der Waals surface area contributed by atoms with Crippen molar-refractivity contribution in [1.82, 2.24) is 5.32 Å². The predicted octanol–water partition coefficient (Wildman–Crippen LogP) is 2.14. The molecule has 0 fully saturated rings. The highest BCUT2D eigenvalue weighted by atomic mass is 16.5. The largest absolute Gasteiger partial charge is 0.497 e. The van der Waals surface area contributed by atoms with Gasteiger partial charge < -0.3 is 24.6 Å². The van der Waals surface area contributed by atoms with Gasteiger partial charge in [-0.15, -0.1) is 0 Å². The molecule has 0 spiro atoms. The average Bonchev–Trinajstić information content (AvgIpc) is 2.53. The molecule has 0 radical (unpaired) electrons. The topological polar surface area (TPSA) is 60.0 Å². The van der Waals surface area contributed by atoms with Crippen LogP contribution in [0.25, 0.3) is 0 Å². The maximum absolute atomic E-state index is 10.3. The van der Waals surface area contributed by atoms with Gasteiger partial charge in [-0.3, -0.25) is 0 Å². The number of methoxy groups -OCH3 is 2. The van der Waals surface area contributed by atoms with Crippen LogP contribution in [0.3, 0.4) is 0 Å². The summed E-state index contributed by atoms with van der Waals surface area (Å²) < 4.78 is 15.7. The highest BCUT2D eigenvalue weighted by Gasteiger charge is 2.14. The lowest BCUT2D eigenvalue weighted by Gasteiger charge is -2.16. The quantitative estimate of drug-likeness (QED) is 0.613. The summed E-state index contributed by atoms with van der Waals surface area (Å²) in [5.74, 6) is 1.40. The summed E-state index contributed by atoms with van der Waals surface area (Å²) in [6.45, 7) is 5.16. The lowest BCUT2D eigenvalue weighted by Crippen LogP contribution is -2.20. The molecule has 1 atom stereocenters. The molecule has 0 saturated carbocycles. The minimum absolute atomic E-state index is 0.575. The fourth-order valence-corrected chi connectivity index (χ4v) is 2.06. The zero-order valence-corrected chi connectivity index (χ0v) is 13.2. The second-order valence-corrected chi connectivity index (χ2v) is 4.71. The average molecular weight is 297 g/mol. The van der Waals surface area contributed by atoms with Crippen molar-refractivity contribution in [3.05, 3.63) is 23.8 Å². The van der Waals surface area contributed by atoms with Crippen molar-refractivity contribution in [2.45, 2.75) is 25.9 Å². The van der Waals surface area contributed by atoms with E-state index in [9.17, 15) is 5.11 Å². The van der Waals surface area contributed by atoms with Gasteiger partial charge in [0.25, 0.3) is 0 Å². The van der Waals surface area contributed by atoms with Gasteiger partial charge >= 0.3 is 0 Å². The Balaban J connectivity index is 2.38. The van der Waals surface area contributed by atoms with Gasteiger partial charge in [-0.25, -0.2) is 0 Å². The van der Waals surface area contributed by atoms with Crippen LogP contribution in [-0.4, -0.2) is 45.6 Å². The van der Waals surface area contributed by atoms with E-state index < -0.39 is 6.10 Å². The Labute approximate surface area is 127 Å². The number of aliphatic hydroxyl groups is 1. The molecule has 0 aliphatic rings. The van der Waals surface area contributed by atoms with Crippen molar-refractivity contribution in [1.29, 1.82) is 0 Å². The summed E-state index contributed by atoms with van der Waals surface area (Å²) in [5.41, 5.74) is 0.757. The molecule has 0 bridgehead atoms. The zero-order chi connectivity index (χ0) is 15.5. The summed E-state index contributed by atoms with van der Waals surface area (Å²) in [4.78, 5) is 0. The summed E-state index contributed by atoms with van der Waals surface area (Å²) in [5, 5.41) is 13.6. The van der Waals surface area contributed by atoms with Gasteiger partial charge in [0, 0.05) is 18.8 Å². The molecule has 0 saturated heterocycles. The summed E-state index contributed by atoms with van der Waals surface area (Å²) in [6, 6.07) is 5.45. The third kappa shape index (κ3) is 6.33. The van der Waals surface area contributed by atoms with Crippen LogP contribution in [-0.2, 0) is 4.74 Å². The number of nitrogens with one attached hydrogen (secondary N) is 1. The van der Waals surface area contributed by atoms with Crippen molar-refractivity contribution < 1.29 is 19.3 Å². The van der Waals surface area contributed by atoms with Crippen LogP contribution in [0.2, 0.25) is 0 Å². The van der Waals surface area contributed by atoms with Crippen molar-refractivity contribution >= 4 is 0 Å². The third-order valence-corrected chi connectivity index (χ3v) is 3.24. The molecular formula is C16H27NO4. The number of benzene rings is 1. The first kappa shape index (κ1) is 17.8. The number of rotatable bonds is 11. The van der Waals surface area contributed by atoms with E-state index in [1.54, 1.807) is 14.2 Å². The fourth-order valence-electron chi connectivity index (χ4n) is 2.06. The van der Waals surface area contributed by atoms with Crippen LogP contribution in [0.5, 0.6) is 11.5 Å². The highest BCUT2D eigenvalue weighted by molar-refractivity contribution is 5.41. The first-order valence-corrected chi connectivity index (χ1v) is 7.41. The maximum Gasteiger partial charge on any atom is 0.124 e. The Hall–Kier alpha value is -1.30. The van der Waals surface area contributed by atoms with Gasteiger partial charge in [0.05, 0.1) is 20.3 Å². The Morgan fingerprint density at radius 1 is 1.19 bits per heavy atom. The standard InChI is InChI=1S/C16H27NO4/c1-4-21-11-5-9-17-10-8-15(18)14-12-13(19-2)6-7-16(14)20-3/h6-7,12,15,17-18H,4-5,8-11H2,1-3H3. The fraction of sp³-hybridized carbons (Fsp3) is 0.625. The zero-order valence-electron chi connectivity index (χ0n) is 13.2. The minimum atomic E-state index is -0.575. The van der Waals surface area contributed by atoms with E-state index in [1.807, 2.05) is 25.1 Å². The van der Waals surface area contributed by atoms with Crippen molar-refractivity contribution in [3.63, 3.8) is 0 Å². The number of ether oxygens (including phenoxy) is 3. The van der Waals surface area contributed by atoms with Gasteiger partial charge in [-0.1, -0.05) is 0 Å². The molecule has 5 heteroatoms. The maximum atomic E-state index is 10.3. The summed E-state index contributed by atoms with van der Waals surface area (Å²) >= 11 is 0. The number of hydrogen-bond donors (Lipinski definition) is 2. The predicted molar refractivity (Wildman–Crippen MR) is 83.1 cm³/mol. The van der Waals surface area contributed by atoms with Crippen LogP contribution in [0, 0.1) is 0 Å². The molecule has 21 heavy (non-hydrogen) atoms. The number of aliphatic hydroxyl groups excluding tert-OH is 1. The lowest BCUT2D eigenvalue weighted by atomic mass is 10.0. The Morgan fingerprint density at radius 3 is 2.67 bits per heavy atom. The molecule has 1 aromatic carbocycles. The SMILES string of the molecule is CCOCCCNCCC(O)c1cc(OC)ccc1OC. The Morgan fingerprint density at radius 2 is 2.00 bits per heavy atom. The summed E-state index contributed by atoms with van der Waals surface area (Å²) in [7, 11) is 3.21. The molecule has 2 N–H and O–H groups in total. The first-order valence-electron chi connectivity index (χ1n) is 7.41. The smallest absolute Gasteiger partial charge is 0.124 e. The van der Waals surface area contributed by atoms with E-state index in [0.29, 0.717) is 12.2 Å². The normalized spacial score (nSPS) is 12.2. The molecule has 0 aliphatic carbocycles. The molecule has 1 rings (SSSR count). The molecule has 0 aromatic heterocycles. The molecule has 5 nitrogen and oxygen atoms in total. The van der Waals surface area contributed by atoms with Crippen molar-refractivity contribution in [3.8, 4) is 11.5 Å². The molecule has 0 aliphatic heterocycles. The summed E-state index contributed by atoms with van der Waals surface area (Å²) in [6.07, 6.45) is 1.03. The van der Waals surface area contributed by atoms with E-state index in [2.05, 4.69) is 5.32 Å². The van der Waals surface area contributed by atoms with Crippen LogP contribution >= 0.6 is 0 Å². The molecule has 1 unspecified atom stereocenters. The van der Waals surface area contributed by atoms with Gasteiger partial charge in [-0.2, -0.15) is 0 Å². The van der Waals surface area contributed by atoms with Crippen molar-refractivity contribution in [2.75, 3.05) is 40.5 Å².